The third-order valence-corrected chi connectivity index (χ3v) is 27.7. The van der Waals surface area contributed by atoms with E-state index >= 15 is 0 Å². The van der Waals surface area contributed by atoms with E-state index in [1.54, 1.807) is 0 Å². The smallest absolute Gasteiger partial charge is 0.145 e. The van der Waals surface area contributed by atoms with Gasteiger partial charge in [0.15, 0.2) is 0 Å². The first-order valence-electron chi connectivity index (χ1n) is 46.2. The van der Waals surface area contributed by atoms with Gasteiger partial charge in [-0.2, -0.15) is 0 Å². The number of rotatable bonds is 9. The molecule has 0 atom stereocenters. The van der Waals surface area contributed by atoms with Gasteiger partial charge < -0.3 is 0 Å². The van der Waals surface area contributed by atoms with E-state index in [1.807, 2.05) is 0 Å². The van der Waals surface area contributed by atoms with Crippen LogP contribution in [0.2, 0.25) is 0 Å². The molecule has 0 fully saturated rings. The second-order valence-corrected chi connectivity index (χ2v) is 35.2. The fraction of sp³-hybridized carbons (Fsp3) is 0. The molecule has 0 saturated carbocycles. The Bertz CT molecular complexity index is 9470. The number of aromatic nitrogens is 4. The monoisotopic (exact) mass is 1700 g/mol. The van der Waals surface area contributed by atoms with Gasteiger partial charge in [0.1, 0.15) is 11.6 Å². The van der Waals surface area contributed by atoms with Crippen LogP contribution in [0.15, 0.2) is 497 Å². The van der Waals surface area contributed by atoms with E-state index in [4.69, 9.17) is 9.97 Å². The summed E-state index contributed by atoms with van der Waals surface area (Å²) in [5.41, 5.74) is 21.1. The molecule has 0 spiro atoms. The quantitative estimate of drug-likeness (QED) is 0.107. The van der Waals surface area contributed by atoms with Crippen molar-refractivity contribution in [2.75, 3.05) is 0 Å². The van der Waals surface area contributed by atoms with Crippen molar-refractivity contribution in [3.8, 4) is 89.8 Å². The molecule has 2 aromatic heterocycles. The molecule has 0 unspecified atom stereocenters. The van der Waals surface area contributed by atoms with Gasteiger partial charge in [-0.15, -0.1) is 0 Å². The van der Waals surface area contributed by atoms with Gasteiger partial charge in [0.05, 0.1) is 27.8 Å². The lowest BCUT2D eigenvalue weighted by molar-refractivity contribution is 1.10. The standard InChI is InChI=1S/C47H30N2.C42H26.C41H26N2/c1-2-13-36(14-3-1)49-44-21-11-10-20-43(44)48-47(49)34-27-25-33(26-28-34)45-38-16-6-8-18-40(38)46(41-19-9-7-17-39(41)45)35-29-24-32-23-22-31-12-4-5-15-37(31)42(32)30-35;1-3-11-33-27(9-1)19-21-30-25-31(23-24-35(30)33)41-36-13-5-7-15-38(36)42(39-16-8-6-14-37(39)41)32-22-20-29-18-17-28-10-2-4-12-34(28)40(29)26-32;1-2-13-29(14-3-1)41-42-37-20-10-11-21-38(37)43(41)40-34-18-8-6-16-32(34)39(33-17-7-9-19-35(33)40)30-25-24-28-23-22-27-12-4-5-15-31(27)36(28)26-30/h1-30H;1-26H;1-26H. The van der Waals surface area contributed by atoms with Gasteiger partial charge in [-0.05, 0) is 256 Å². The Morgan fingerprint density at radius 2 is 0.366 bits per heavy atom. The Morgan fingerprint density at radius 3 is 0.754 bits per heavy atom. The minimum atomic E-state index is 0.938. The zero-order valence-electron chi connectivity index (χ0n) is 73.1. The van der Waals surface area contributed by atoms with Crippen LogP contribution in [-0.2, 0) is 0 Å². The normalized spacial score (nSPS) is 11.7. The second-order valence-electron chi connectivity index (χ2n) is 35.2. The van der Waals surface area contributed by atoms with Crippen molar-refractivity contribution in [1.29, 1.82) is 0 Å². The number of nitrogens with zero attached hydrogens (tertiary/aromatic N) is 4. The number of hydrogen-bond acceptors (Lipinski definition) is 2. The molecule has 622 valence electrons. The number of para-hydroxylation sites is 5. The largest absolute Gasteiger partial charge is 0.292 e. The van der Waals surface area contributed by atoms with E-state index < -0.39 is 0 Å². The first-order chi connectivity index (χ1) is 66.5. The average molecular weight is 1700 g/mol. The van der Waals surface area contributed by atoms with E-state index in [9.17, 15) is 0 Å². The van der Waals surface area contributed by atoms with Crippen molar-refractivity contribution in [2.24, 2.45) is 0 Å². The first kappa shape index (κ1) is 77.4. The van der Waals surface area contributed by atoms with Crippen molar-refractivity contribution in [2.45, 2.75) is 0 Å². The molecular formula is C130H82N4. The molecule has 0 aliphatic carbocycles. The van der Waals surface area contributed by atoms with Gasteiger partial charge in [-0.1, -0.05) is 437 Å². The second kappa shape index (κ2) is 32.2. The summed E-state index contributed by atoms with van der Waals surface area (Å²) in [7, 11) is 0. The molecule has 26 aromatic carbocycles. The van der Waals surface area contributed by atoms with Crippen LogP contribution < -0.4 is 0 Å². The summed E-state index contributed by atoms with van der Waals surface area (Å²) in [6.45, 7) is 0. The van der Waals surface area contributed by atoms with Gasteiger partial charge in [0.25, 0.3) is 0 Å². The van der Waals surface area contributed by atoms with Crippen molar-refractivity contribution < 1.29 is 0 Å². The number of imidazole rings is 2. The van der Waals surface area contributed by atoms with Crippen molar-refractivity contribution in [3.05, 3.63) is 497 Å². The number of hydrogen-bond donors (Lipinski definition) is 0. The van der Waals surface area contributed by atoms with E-state index in [2.05, 4.69) is 507 Å². The summed E-state index contributed by atoms with van der Waals surface area (Å²) in [5, 5.41) is 35.4. The van der Waals surface area contributed by atoms with Crippen LogP contribution in [0.4, 0.5) is 0 Å². The summed E-state index contributed by atoms with van der Waals surface area (Å²) in [5.74, 6) is 1.88. The fourth-order valence-corrected chi connectivity index (χ4v) is 21.7. The lowest BCUT2D eigenvalue weighted by atomic mass is 9.85. The molecule has 2 heterocycles. The average Bonchev–Trinajstić information content (AvgIpc) is 1.47. The third kappa shape index (κ3) is 13.0. The van der Waals surface area contributed by atoms with Crippen LogP contribution in [0.5, 0.6) is 0 Å². The van der Waals surface area contributed by atoms with Gasteiger partial charge >= 0.3 is 0 Å². The summed E-state index contributed by atoms with van der Waals surface area (Å²) >= 11 is 0. The Balaban J connectivity index is 0.000000105. The molecule has 4 nitrogen and oxygen atoms in total. The number of benzene rings is 26. The lowest BCUT2D eigenvalue weighted by Crippen LogP contribution is -2.01. The zero-order chi connectivity index (χ0) is 88.3. The lowest BCUT2D eigenvalue weighted by Gasteiger charge is -2.20. The van der Waals surface area contributed by atoms with Crippen LogP contribution in [0.1, 0.15) is 0 Å². The van der Waals surface area contributed by atoms with E-state index in [-0.39, 0.29) is 0 Å². The van der Waals surface area contributed by atoms with Crippen molar-refractivity contribution >= 4 is 173 Å². The Kier molecular flexibility index (Phi) is 18.6. The maximum Gasteiger partial charge on any atom is 0.145 e. The van der Waals surface area contributed by atoms with Crippen LogP contribution in [-0.4, -0.2) is 19.1 Å². The summed E-state index contributed by atoms with van der Waals surface area (Å²) in [6.07, 6.45) is 0. The minimum absolute atomic E-state index is 0.938. The highest BCUT2D eigenvalue weighted by molar-refractivity contribution is 6.26. The molecule has 28 aromatic rings. The van der Waals surface area contributed by atoms with Gasteiger partial charge in [-0.3, -0.25) is 9.13 Å². The fourth-order valence-electron chi connectivity index (χ4n) is 21.7. The van der Waals surface area contributed by atoms with Crippen molar-refractivity contribution in [3.63, 3.8) is 0 Å². The third-order valence-electron chi connectivity index (χ3n) is 27.7. The topological polar surface area (TPSA) is 35.6 Å². The summed E-state index contributed by atoms with van der Waals surface area (Å²) in [6, 6.07) is 181. The Hall–Kier alpha value is -17.7. The highest BCUT2D eigenvalue weighted by Crippen LogP contribution is 2.50. The van der Waals surface area contributed by atoms with E-state index in [1.165, 1.54) is 206 Å². The number of fused-ring (bicyclic) bond motifs is 20. The molecule has 0 aliphatic heterocycles. The van der Waals surface area contributed by atoms with E-state index in [0.717, 1.165) is 56.2 Å². The molecule has 0 amide bonds. The molecular weight excluding hydrogens is 1620 g/mol. The highest BCUT2D eigenvalue weighted by Gasteiger charge is 2.26. The molecule has 4 heteroatoms. The molecule has 0 N–H and O–H groups in total. The summed E-state index contributed by atoms with van der Waals surface area (Å²) in [4.78, 5) is 10.3. The highest BCUT2D eigenvalue weighted by atomic mass is 15.1. The first-order valence-corrected chi connectivity index (χ1v) is 46.2. The molecule has 0 radical (unpaired) electrons. The predicted octanol–water partition coefficient (Wildman–Crippen LogP) is 35.6. The molecule has 134 heavy (non-hydrogen) atoms. The van der Waals surface area contributed by atoms with Gasteiger partial charge in [0, 0.05) is 27.6 Å². The van der Waals surface area contributed by atoms with Crippen LogP contribution in [0, 0.1) is 0 Å². The van der Waals surface area contributed by atoms with Gasteiger partial charge in [0.2, 0.25) is 0 Å². The molecule has 28 rings (SSSR count). The van der Waals surface area contributed by atoms with E-state index in [0.29, 0.717) is 0 Å². The molecule has 0 bridgehead atoms. The summed E-state index contributed by atoms with van der Waals surface area (Å²) < 4.78 is 4.63. The van der Waals surface area contributed by atoms with Crippen LogP contribution in [0.3, 0.4) is 0 Å². The Morgan fingerprint density at radius 1 is 0.134 bits per heavy atom. The molecule has 0 saturated heterocycles. The zero-order valence-corrected chi connectivity index (χ0v) is 73.1. The maximum absolute atomic E-state index is 5.18. The van der Waals surface area contributed by atoms with Crippen molar-refractivity contribution in [1.82, 2.24) is 19.1 Å². The van der Waals surface area contributed by atoms with Crippen LogP contribution >= 0.6 is 0 Å². The predicted molar refractivity (Wildman–Crippen MR) is 572 cm³/mol. The maximum atomic E-state index is 5.18. The Labute approximate surface area is 773 Å². The van der Waals surface area contributed by atoms with Crippen LogP contribution in [0.25, 0.3) is 263 Å². The SMILES string of the molecule is c1ccc(-c2nc3ccccc3n2-c2c3ccccc3c(-c3ccc4ccc5ccccc5c4c3)c3ccccc23)cc1.c1ccc(-n2c(-c3ccc(-c4c5ccccc5c(-c5ccc6ccc7ccccc7c6c5)c5ccccc45)cc3)nc3ccccc32)cc1.c1ccc2c(c1)ccc1cc(-c3c4ccccc4c(-c4ccc5ccc6ccccc6c5c4)c4ccccc34)ccc12. The molecule has 0 aliphatic rings. The van der Waals surface area contributed by atoms with Gasteiger partial charge in [-0.25, -0.2) is 9.97 Å². The minimum Gasteiger partial charge on any atom is -0.292 e.